The third-order valence-electron chi connectivity index (χ3n) is 4.35. The number of carbonyl (C=O) groups excluding carboxylic acids is 3. The molecule has 2 amide bonds. The molecule has 0 unspecified atom stereocenters. The first-order chi connectivity index (χ1) is 15.3. The molecule has 0 spiro atoms. The summed E-state index contributed by atoms with van der Waals surface area (Å²) in [5.74, 6) is -1.88. The maximum absolute atomic E-state index is 12.2. The fraction of sp³-hybridized carbons (Fsp3) is 0.0833. The van der Waals surface area contributed by atoms with Gasteiger partial charge >= 0.3 is 17.8 Å². The Hall–Kier alpha value is -3.97. The quantitative estimate of drug-likeness (QED) is 0.199. The zero-order chi connectivity index (χ0) is 23.1. The van der Waals surface area contributed by atoms with Crippen LogP contribution in [0, 0.1) is 6.92 Å². The molecular formula is C24H20ClN3O4. The fourth-order valence-electron chi connectivity index (χ4n) is 2.71. The number of ether oxygens (including phenoxy) is 1. The van der Waals surface area contributed by atoms with Crippen molar-refractivity contribution < 1.29 is 19.1 Å². The molecule has 32 heavy (non-hydrogen) atoms. The minimum atomic E-state index is -0.923. The Kier molecular flexibility index (Phi) is 7.36. The SMILES string of the molecule is C/C(=N\NC(=O)C(=O)Nc1cccc(Cl)c1)c1ccc(OC(=O)c2cccc(C)c2)cc1. The van der Waals surface area contributed by atoms with Gasteiger partial charge in [0.1, 0.15) is 5.75 Å². The Morgan fingerprint density at radius 1 is 0.875 bits per heavy atom. The molecule has 0 aliphatic rings. The fourth-order valence-corrected chi connectivity index (χ4v) is 2.90. The monoisotopic (exact) mass is 449 g/mol. The van der Waals surface area contributed by atoms with E-state index in [4.69, 9.17) is 16.3 Å². The van der Waals surface area contributed by atoms with Crippen molar-refractivity contribution in [3.63, 3.8) is 0 Å². The third-order valence-corrected chi connectivity index (χ3v) is 4.59. The Morgan fingerprint density at radius 3 is 2.28 bits per heavy atom. The molecule has 0 radical (unpaired) electrons. The molecule has 0 aliphatic heterocycles. The molecular weight excluding hydrogens is 430 g/mol. The first kappa shape index (κ1) is 22.7. The summed E-state index contributed by atoms with van der Waals surface area (Å²) >= 11 is 5.85. The van der Waals surface area contributed by atoms with Crippen molar-refractivity contribution in [1.82, 2.24) is 5.43 Å². The Morgan fingerprint density at radius 2 is 1.59 bits per heavy atom. The van der Waals surface area contributed by atoms with Crippen LogP contribution in [0.5, 0.6) is 5.75 Å². The van der Waals surface area contributed by atoms with Crippen LogP contribution in [0.2, 0.25) is 5.02 Å². The molecule has 0 heterocycles. The van der Waals surface area contributed by atoms with Crippen LogP contribution in [-0.4, -0.2) is 23.5 Å². The predicted molar refractivity (Wildman–Crippen MR) is 123 cm³/mol. The summed E-state index contributed by atoms with van der Waals surface area (Å²) in [5, 5.41) is 6.82. The van der Waals surface area contributed by atoms with Crippen molar-refractivity contribution >= 4 is 40.8 Å². The summed E-state index contributed by atoms with van der Waals surface area (Å²) in [5.41, 5.74) is 5.17. The highest BCUT2D eigenvalue weighted by atomic mass is 35.5. The number of hydrogen-bond donors (Lipinski definition) is 2. The van der Waals surface area contributed by atoms with Gasteiger partial charge in [0.25, 0.3) is 0 Å². The lowest BCUT2D eigenvalue weighted by Gasteiger charge is -2.07. The molecule has 0 bridgehead atoms. The number of nitrogens with zero attached hydrogens (tertiary/aromatic N) is 1. The predicted octanol–water partition coefficient (Wildman–Crippen LogP) is 4.35. The number of carbonyl (C=O) groups is 3. The number of benzene rings is 3. The molecule has 8 heteroatoms. The molecule has 0 saturated heterocycles. The van der Waals surface area contributed by atoms with Crippen LogP contribution in [0.3, 0.4) is 0 Å². The molecule has 7 nitrogen and oxygen atoms in total. The van der Waals surface area contributed by atoms with E-state index in [1.807, 2.05) is 13.0 Å². The van der Waals surface area contributed by atoms with Gasteiger partial charge in [-0.05, 0) is 74.0 Å². The standard InChI is InChI=1S/C24H20ClN3O4/c1-15-5-3-6-18(13-15)24(31)32-21-11-9-17(10-12-21)16(2)27-28-23(30)22(29)26-20-8-4-7-19(25)14-20/h3-14H,1-2H3,(H,26,29)(H,28,30)/b27-16+. The summed E-state index contributed by atoms with van der Waals surface area (Å²) in [6.07, 6.45) is 0. The van der Waals surface area contributed by atoms with Gasteiger partial charge in [-0.2, -0.15) is 5.10 Å². The molecule has 0 aliphatic carbocycles. The van der Waals surface area contributed by atoms with E-state index in [2.05, 4.69) is 15.8 Å². The van der Waals surface area contributed by atoms with Crippen LogP contribution >= 0.6 is 11.6 Å². The first-order valence-corrected chi connectivity index (χ1v) is 10.00. The van der Waals surface area contributed by atoms with E-state index in [0.29, 0.717) is 33.3 Å². The van der Waals surface area contributed by atoms with E-state index in [1.165, 1.54) is 6.07 Å². The second-order valence-electron chi connectivity index (χ2n) is 6.89. The highest BCUT2D eigenvalue weighted by molar-refractivity contribution is 6.40. The molecule has 3 aromatic carbocycles. The van der Waals surface area contributed by atoms with E-state index in [-0.39, 0.29) is 0 Å². The lowest BCUT2D eigenvalue weighted by molar-refractivity contribution is -0.136. The van der Waals surface area contributed by atoms with Crippen LogP contribution in [0.4, 0.5) is 5.69 Å². The zero-order valence-corrected chi connectivity index (χ0v) is 18.1. The first-order valence-electron chi connectivity index (χ1n) is 9.62. The molecule has 0 fully saturated rings. The normalized spacial score (nSPS) is 10.9. The number of rotatable bonds is 5. The van der Waals surface area contributed by atoms with E-state index >= 15 is 0 Å². The Bertz CT molecular complexity index is 1190. The Labute approximate surface area is 190 Å². The second kappa shape index (κ2) is 10.4. The van der Waals surface area contributed by atoms with Crippen LogP contribution in [0.1, 0.15) is 28.4 Å². The summed E-state index contributed by atoms with van der Waals surface area (Å²) in [7, 11) is 0. The van der Waals surface area contributed by atoms with Crippen molar-refractivity contribution in [2.45, 2.75) is 13.8 Å². The molecule has 0 aromatic heterocycles. The average molecular weight is 450 g/mol. The smallest absolute Gasteiger partial charge is 0.343 e. The number of halogens is 1. The van der Waals surface area contributed by atoms with Crippen LogP contribution in [0.25, 0.3) is 0 Å². The van der Waals surface area contributed by atoms with E-state index < -0.39 is 17.8 Å². The van der Waals surface area contributed by atoms with Crippen molar-refractivity contribution in [2.24, 2.45) is 5.10 Å². The lowest BCUT2D eigenvalue weighted by Crippen LogP contribution is -2.32. The molecule has 2 N–H and O–H groups in total. The van der Waals surface area contributed by atoms with E-state index in [9.17, 15) is 14.4 Å². The van der Waals surface area contributed by atoms with Gasteiger partial charge in [-0.3, -0.25) is 9.59 Å². The highest BCUT2D eigenvalue weighted by Gasteiger charge is 2.14. The van der Waals surface area contributed by atoms with Crippen LogP contribution in [0.15, 0.2) is 77.9 Å². The summed E-state index contributed by atoms with van der Waals surface area (Å²) in [6.45, 7) is 3.57. The molecule has 162 valence electrons. The van der Waals surface area contributed by atoms with Crippen LogP contribution < -0.4 is 15.5 Å². The second-order valence-corrected chi connectivity index (χ2v) is 7.32. The maximum Gasteiger partial charge on any atom is 0.343 e. The summed E-state index contributed by atoms with van der Waals surface area (Å²) in [6, 6.07) is 20.2. The third kappa shape index (κ3) is 6.26. The summed E-state index contributed by atoms with van der Waals surface area (Å²) in [4.78, 5) is 36.2. The van der Waals surface area contributed by atoms with Crippen LogP contribution in [-0.2, 0) is 9.59 Å². The van der Waals surface area contributed by atoms with Gasteiger partial charge in [0.15, 0.2) is 0 Å². The van der Waals surface area contributed by atoms with E-state index in [0.717, 1.165) is 5.56 Å². The number of nitrogens with one attached hydrogen (secondary N) is 2. The van der Waals surface area contributed by atoms with Gasteiger partial charge in [0.2, 0.25) is 0 Å². The van der Waals surface area contributed by atoms with Gasteiger partial charge in [-0.1, -0.05) is 35.4 Å². The van der Waals surface area contributed by atoms with Gasteiger partial charge in [-0.25, -0.2) is 10.2 Å². The van der Waals surface area contributed by atoms with E-state index in [1.54, 1.807) is 67.6 Å². The Balaban J connectivity index is 1.57. The van der Waals surface area contributed by atoms with Crippen molar-refractivity contribution in [3.05, 3.63) is 94.5 Å². The molecule has 0 atom stereocenters. The lowest BCUT2D eigenvalue weighted by atomic mass is 10.1. The minimum absolute atomic E-state index is 0.373. The number of hydrogen-bond acceptors (Lipinski definition) is 5. The summed E-state index contributed by atoms with van der Waals surface area (Å²) < 4.78 is 5.37. The average Bonchev–Trinajstić information content (AvgIpc) is 2.77. The number of hydrazone groups is 1. The molecule has 0 saturated carbocycles. The molecule has 3 rings (SSSR count). The number of anilines is 1. The van der Waals surface area contributed by atoms with Gasteiger partial charge in [0, 0.05) is 10.7 Å². The topological polar surface area (TPSA) is 96.9 Å². The largest absolute Gasteiger partial charge is 0.423 e. The van der Waals surface area contributed by atoms with Crippen molar-refractivity contribution in [2.75, 3.05) is 5.32 Å². The van der Waals surface area contributed by atoms with Gasteiger partial charge in [0.05, 0.1) is 11.3 Å². The zero-order valence-electron chi connectivity index (χ0n) is 17.4. The van der Waals surface area contributed by atoms with Gasteiger partial charge < -0.3 is 10.1 Å². The molecule has 3 aromatic rings. The van der Waals surface area contributed by atoms with Crippen molar-refractivity contribution in [1.29, 1.82) is 0 Å². The number of aryl methyl sites for hydroxylation is 1. The van der Waals surface area contributed by atoms with Crippen molar-refractivity contribution in [3.8, 4) is 5.75 Å². The van der Waals surface area contributed by atoms with Gasteiger partial charge in [-0.15, -0.1) is 0 Å². The highest BCUT2D eigenvalue weighted by Crippen LogP contribution is 2.16. The number of esters is 1. The minimum Gasteiger partial charge on any atom is -0.423 e. The maximum atomic E-state index is 12.2. The number of amides is 2.